The Morgan fingerprint density at radius 2 is 2.19 bits per heavy atom. The number of aryl methyl sites for hydroxylation is 2. The van der Waals surface area contributed by atoms with Gasteiger partial charge in [-0.25, -0.2) is 17.4 Å². The number of hydrogen-bond donors (Lipinski definition) is 1. The highest BCUT2D eigenvalue weighted by Crippen LogP contribution is 2.21. The molecule has 120 valence electrons. The Balaban J connectivity index is 2.00. The number of rotatable bonds is 5. The SMILES string of the molecule is COc1c(CN[C@H]2CCCN(S(C)(=O)=O)C2)c(C)nn1C. The van der Waals surface area contributed by atoms with Gasteiger partial charge in [-0.05, 0) is 19.8 Å². The molecule has 0 aromatic carbocycles. The van der Waals surface area contributed by atoms with E-state index in [2.05, 4.69) is 10.4 Å². The molecule has 1 N–H and O–H groups in total. The molecule has 0 aliphatic carbocycles. The largest absolute Gasteiger partial charge is 0.481 e. The summed E-state index contributed by atoms with van der Waals surface area (Å²) in [5.41, 5.74) is 1.95. The Morgan fingerprint density at radius 1 is 1.48 bits per heavy atom. The third kappa shape index (κ3) is 3.75. The van der Waals surface area contributed by atoms with Gasteiger partial charge < -0.3 is 10.1 Å². The molecule has 1 aliphatic rings. The standard InChI is InChI=1S/C13H24N4O3S/c1-10-12(13(20-3)16(2)15-10)8-14-11-6-5-7-17(9-11)21(4,18)19/h11,14H,5-9H2,1-4H3/t11-/m0/s1. The number of ether oxygens (including phenoxy) is 1. The van der Waals surface area contributed by atoms with E-state index in [1.807, 2.05) is 14.0 Å². The van der Waals surface area contributed by atoms with Crippen LogP contribution in [0.2, 0.25) is 0 Å². The third-order valence-corrected chi connectivity index (χ3v) is 5.17. The summed E-state index contributed by atoms with van der Waals surface area (Å²) in [6.45, 7) is 3.72. The Hall–Kier alpha value is -1.12. The highest BCUT2D eigenvalue weighted by atomic mass is 32.2. The fourth-order valence-electron chi connectivity index (χ4n) is 2.80. The number of piperidine rings is 1. The van der Waals surface area contributed by atoms with Crippen LogP contribution < -0.4 is 10.1 Å². The van der Waals surface area contributed by atoms with Crippen molar-refractivity contribution in [2.75, 3.05) is 26.5 Å². The first-order chi connectivity index (χ1) is 9.82. The van der Waals surface area contributed by atoms with Crippen molar-refractivity contribution in [3.8, 4) is 5.88 Å². The van der Waals surface area contributed by atoms with Crippen LogP contribution in [0.25, 0.3) is 0 Å². The van der Waals surface area contributed by atoms with Crippen LogP contribution in [-0.4, -0.2) is 55.0 Å². The van der Waals surface area contributed by atoms with E-state index in [0.717, 1.165) is 30.0 Å². The molecule has 0 unspecified atom stereocenters. The van der Waals surface area contributed by atoms with Crippen LogP contribution in [0.5, 0.6) is 5.88 Å². The van der Waals surface area contributed by atoms with Crippen molar-refractivity contribution in [1.82, 2.24) is 19.4 Å². The minimum absolute atomic E-state index is 0.165. The predicted octanol–water partition coefficient (Wildman–Crippen LogP) is 0.251. The van der Waals surface area contributed by atoms with Crippen molar-refractivity contribution in [3.63, 3.8) is 0 Å². The first-order valence-electron chi connectivity index (χ1n) is 7.08. The molecule has 8 heteroatoms. The quantitative estimate of drug-likeness (QED) is 0.843. The van der Waals surface area contributed by atoms with E-state index in [9.17, 15) is 8.42 Å². The van der Waals surface area contributed by atoms with Gasteiger partial charge in [0, 0.05) is 32.7 Å². The molecular weight excluding hydrogens is 292 g/mol. The van der Waals surface area contributed by atoms with Crippen molar-refractivity contribution in [3.05, 3.63) is 11.3 Å². The minimum atomic E-state index is -3.11. The van der Waals surface area contributed by atoms with Gasteiger partial charge in [-0.15, -0.1) is 0 Å². The molecule has 2 heterocycles. The van der Waals surface area contributed by atoms with Gasteiger partial charge in [0.2, 0.25) is 15.9 Å². The van der Waals surface area contributed by atoms with E-state index in [-0.39, 0.29) is 6.04 Å². The summed E-state index contributed by atoms with van der Waals surface area (Å²) < 4.78 is 31.9. The van der Waals surface area contributed by atoms with Crippen molar-refractivity contribution < 1.29 is 13.2 Å². The number of nitrogens with one attached hydrogen (secondary N) is 1. The fourth-order valence-corrected chi connectivity index (χ4v) is 3.71. The molecule has 0 amide bonds. The van der Waals surface area contributed by atoms with Gasteiger partial charge in [-0.1, -0.05) is 0 Å². The number of aromatic nitrogens is 2. The summed E-state index contributed by atoms with van der Waals surface area (Å²) in [5, 5.41) is 7.77. The molecule has 1 aliphatic heterocycles. The summed E-state index contributed by atoms with van der Waals surface area (Å²) >= 11 is 0. The van der Waals surface area contributed by atoms with Crippen LogP contribution >= 0.6 is 0 Å². The molecule has 1 saturated heterocycles. The smallest absolute Gasteiger partial charge is 0.216 e. The van der Waals surface area contributed by atoms with Crippen LogP contribution in [0.1, 0.15) is 24.1 Å². The molecule has 0 radical (unpaired) electrons. The molecule has 2 rings (SSSR count). The lowest BCUT2D eigenvalue weighted by atomic mass is 10.1. The second-order valence-electron chi connectivity index (χ2n) is 5.54. The van der Waals surface area contributed by atoms with E-state index in [1.165, 1.54) is 6.26 Å². The van der Waals surface area contributed by atoms with Crippen molar-refractivity contribution in [1.29, 1.82) is 0 Å². The van der Waals surface area contributed by atoms with Gasteiger partial charge in [0.25, 0.3) is 0 Å². The lowest BCUT2D eigenvalue weighted by Crippen LogP contribution is -2.47. The van der Waals surface area contributed by atoms with E-state index >= 15 is 0 Å². The summed E-state index contributed by atoms with van der Waals surface area (Å²) in [7, 11) is 0.373. The first-order valence-corrected chi connectivity index (χ1v) is 8.92. The maximum absolute atomic E-state index is 11.6. The topological polar surface area (TPSA) is 76.5 Å². The number of methoxy groups -OCH3 is 1. The number of sulfonamides is 1. The molecule has 0 spiro atoms. The van der Waals surface area contributed by atoms with Crippen LogP contribution in [0.3, 0.4) is 0 Å². The molecular formula is C13H24N4O3S. The Labute approximate surface area is 126 Å². The average molecular weight is 316 g/mol. The molecule has 1 aromatic rings. The fraction of sp³-hybridized carbons (Fsp3) is 0.769. The lowest BCUT2D eigenvalue weighted by molar-refractivity contribution is 0.282. The van der Waals surface area contributed by atoms with Gasteiger partial charge in [0.15, 0.2) is 0 Å². The second-order valence-corrected chi connectivity index (χ2v) is 7.52. The highest BCUT2D eigenvalue weighted by Gasteiger charge is 2.26. The van der Waals surface area contributed by atoms with Crippen LogP contribution in [0.4, 0.5) is 0 Å². The van der Waals surface area contributed by atoms with E-state index in [0.29, 0.717) is 19.6 Å². The predicted molar refractivity (Wildman–Crippen MR) is 80.8 cm³/mol. The number of nitrogens with zero attached hydrogens (tertiary/aromatic N) is 3. The van der Waals surface area contributed by atoms with Crippen molar-refractivity contribution in [2.24, 2.45) is 7.05 Å². The summed E-state index contributed by atoms with van der Waals surface area (Å²) in [6.07, 6.45) is 3.13. The molecule has 1 aromatic heterocycles. The van der Waals surface area contributed by atoms with Crippen molar-refractivity contribution >= 4 is 10.0 Å². The summed E-state index contributed by atoms with van der Waals surface area (Å²) in [5.74, 6) is 0.746. The molecule has 1 fully saturated rings. The molecule has 21 heavy (non-hydrogen) atoms. The normalized spacial score (nSPS) is 20.7. The highest BCUT2D eigenvalue weighted by molar-refractivity contribution is 7.88. The number of hydrogen-bond acceptors (Lipinski definition) is 5. The Bertz CT molecular complexity index is 597. The van der Waals surface area contributed by atoms with Crippen molar-refractivity contribution in [2.45, 2.75) is 32.4 Å². The van der Waals surface area contributed by atoms with Gasteiger partial charge in [0.05, 0.1) is 24.6 Å². The van der Waals surface area contributed by atoms with Crippen LogP contribution in [-0.2, 0) is 23.6 Å². The molecule has 1 atom stereocenters. The third-order valence-electron chi connectivity index (χ3n) is 3.90. The van der Waals surface area contributed by atoms with Crippen LogP contribution in [0, 0.1) is 6.92 Å². The maximum atomic E-state index is 11.6. The van der Waals surface area contributed by atoms with Gasteiger partial charge >= 0.3 is 0 Å². The summed E-state index contributed by atoms with van der Waals surface area (Å²) in [6, 6.07) is 0.165. The minimum Gasteiger partial charge on any atom is -0.481 e. The maximum Gasteiger partial charge on any atom is 0.216 e. The Kier molecular flexibility index (Phi) is 4.90. The van der Waals surface area contributed by atoms with Gasteiger partial charge in [-0.3, -0.25) is 0 Å². The average Bonchev–Trinajstić information content (AvgIpc) is 2.69. The van der Waals surface area contributed by atoms with E-state index in [4.69, 9.17) is 4.74 Å². The molecule has 0 saturated carbocycles. The van der Waals surface area contributed by atoms with Gasteiger partial charge in [0.1, 0.15) is 0 Å². The summed E-state index contributed by atoms with van der Waals surface area (Å²) in [4.78, 5) is 0. The van der Waals surface area contributed by atoms with E-state index in [1.54, 1.807) is 16.1 Å². The van der Waals surface area contributed by atoms with Crippen LogP contribution in [0.15, 0.2) is 0 Å². The monoisotopic (exact) mass is 316 g/mol. The molecule has 7 nitrogen and oxygen atoms in total. The zero-order valence-electron chi connectivity index (χ0n) is 13.1. The van der Waals surface area contributed by atoms with E-state index < -0.39 is 10.0 Å². The zero-order chi connectivity index (χ0) is 15.6. The Morgan fingerprint density at radius 3 is 2.81 bits per heavy atom. The second kappa shape index (κ2) is 6.33. The zero-order valence-corrected chi connectivity index (χ0v) is 13.9. The lowest BCUT2D eigenvalue weighted by Gasteiger charge is -2.31. The first kappa shape index (κ1) is 16.3. The molecule has 0 bridgehead atoms. The van der Waals surface area contributed by atoms with Gasteiger partial charge in [-0.2, -0.15) is 5.10 Å².